The number of amides is 1. The van der Waals surface area contributed by atoms with Crippen molar-refractivity contribution in [3.05, 3.63) is 0 Å². The molecule has 140 valence electrons. The molecule has 1 unspecified atom stereocenters. The normalized spacial score (nSPS) is 17.5. The molecule has 1 aliphatic carbocycles. The molecule has 1 amide bonds. The van der Waals surface area contributed by atoms with Gasteiger partial charge in [-0.05, 0) is 33.1 Å². The van der Waals surface area contributed by atoms with Crippen LogP contribution >= 0.6 is 0 Å². The lowest BCUT2D eigenvalue weighted by molar-refractivity contribution is -0.121. The zero-order valence-electron chi connectivity index (χ0n) is 15.1. The number of nitrogens with one attached hydrogen (secondary N) is 3. The van der Waals surface area contributed by atoms with Crippen molar-refractivity contribution in [2.45, 2.75) is 64.5 Å². The average molecular weight is 361 g/mol. The Labute approximate surface area is 146 Å². The SMILES string of the molecule is CCNC(=NCCC(=O)NC1CCCC1)NC(C)CCS(C)(=O)=O. The Kier molecular flexibility index (Phi) is 9.10. The van der Waals surface area contributed by atoms with Crippen molar-refractivity contribution in [1.29, 1.82) is 0 Å². The van der Waals surface area contributed by atoms with Gasteiger partial charge in [-0.25, -0.2) is 8.42 Å². The van der Waals surface area contributed by atoms with E-state index in [1.54, 1.807) is 0 Å². The van der Waals surface area contributed by atoms with Gasteiger partial charge in [0.15, 0.2) is 5.96 Å². The summed E-state index contributed by atoms with van der Waals surface area (Å²) in [5.74, 6) is 0.809. The van der Waals surface area contributed by atoms with E-state index in [0.717, 1.165) is 12.8 Å². The van der Waals surface area contributed by atoms with Crippen LogP contribution in [0.15, 0.2) is 4.99 Å². The number of hydrogen-bond donors (Lipinski definition) is 3. The minimum absolute atomic E-state index is 0.00941. The molecular formula is C16H32N4O3S. The quantitative estimate of drug-likeness (QED) is 0.417. The molecule has 0 radical (unpaired) electrons. The Bertz CT molecular complexity index is 513. The Balaban J connectivity index is 2.36. The monoisotopic (exact) mass is 360 g/mol. The van der Waals surface area contributed by atoms with Crippen molar-refractivity contribution >= 4 is 21.7 Å². The summed E-state index contributed by atoms with van der Waals surface area (Å²) in [6.07, 6.45) is 6.68. The highest BCUT2D eigenvalue weighted by atomic mass is 32.2. The zero-order valence-corrected chi connectivity index (χ0v) is 15.9. The van der Waals surface area contributed by atoms with E-state index in [9.17, 15) is 13.2 Å². The number of sulfone groups is 1. The molecule has 1 atom stereocenters. The van der Waals surface area contributed by atoms with E-state index in [-0.39, 0.29) is 17.7 Å². The molecule has 1 aliphatic rings. The minimum atomic E-state index is -2.96. The number of carbonyl (C=O) groups excluding carboxylic acids is 1. The fourth-order valence-corrected chi connectivity index (χ4v) is 3.44. The predicted molar refractivity (Wildman–Crippen MR) is 97.9 cm³/mol. The first kappa shape index (κ1) is 20.7. The van der Waals surface area contributed by atoms with E-state index in [2.05, 4.69) is 20.9 Å². The maximum absolute atomic E-state index is 11.9. The lowest BCUT2D eigenvalue weighted by Gasteiger charge is -2.17. The first-order chi connectivity index (χ1) is 11.3. The Morgan fingerprint density at radius 2 is 1.96 bits per heavy atom. The van der Waals surface area contributed by atoms with Gasteiger partial charge in [-0.15, -0.1) is 0 Å². The Hall–Kier alpha value is -1.31. The fourth-order valence-electron chi connectivity index (χ4n) is 2.66. The number of aliphatic imine (C=N–C) groups is 1. The van der Waals surface area contributed by atoms with Crippen LogP contribution in [0.3, 0.4) is 0 Å². The van der Waals surface area contributed by atoms with Gasteiger partial charge in [0, 0.05) is 31.3 Å². The van der Waals surface area contributed by atoms with E-state index >= 15 is 0 Å². The molecule has 1 saturated carbocycles. The summed E-state index contributed by atoms with van der Waals surface area (Å²) in [7, 11) is -2.96. The van der Waals surface area contributed by atoms with E-state index in [4.69, 9.17) is 0 Å². The van der Waals surface area contributed by atoms with Crippen LogP contribution in [0.25, 0.3) is 0 Å². The fraction of sp³-hybridized carbons (Fsp3) is 0.875. The molecule has 0 heterocycles. The lowest BCUT2D eigenvalue weighted by atomic mass is 10.2. The molecule has 0 bridgehead atoms. The van der Waals surface area contributed by atoms with Gasteiger partial charge >= 0.3 is 0 Å². The second-order valence-electron chi connectivity index (χ2n) is 6.52. The molecule has 8 heteroatoms. The smallest absolute Gasteiger partial charge is 0.222 e. The third-order valence-electron chi connectivity index (χ3n) is 3.98. The number of hydrogen-bond acceptors (Lipinski definition) is 4. The molecule has 0 spiro atoms. The van der Waals surface area contributed by atoms with Crippen LogP contribution in [0.4, 0.5) is 0 Å². The molecule has 0 aromatic rings. The molecule has 0 aromatic carbocycles. The molecule has 0 aromatic heterocycles. The molecule has 1 rings (SSSR count). The van der Waals surface area contributed by atoms with E-state index in [0.29, 0.717) is 37.9 Å². The van der Waals surface area contributed by atoms with Crippen molar-refractivity contribution in [3.63, 3.8) is 0 Å². The van der Waals surface area contributed by atoms with Crippen LogP contribution in [0.5, 0.6) is 0 Å². The van der Waals surface area contributed by atoms with Crippen LogP contribution in [0, 0.1) is 0 Å². The second kappa shape index (κ2) is 10.5. The van der Waals surface area contributed by atoms with E-state index < -0.39 is 9.84 Å². The number of nitrogens with zero attached hydrogens (tertiary/aromatic N) is 1. The summed E-state index contributed by atoms with van der Waals surface area (Å²) in [6, 6.07) is 0.327. The van der Waals surface area contributed by atoms with E-state index in [1.165, 1.54) is 19.1 Å². The topological polar surface area (TPSA) is 99.7 Å². The van der Waals surface area contributed by atoms with Crippen molar-refractivity contribution < 1.29 is 13.2 Å². The van der Waals surface area contributed by atoms with Gasteiger partial charge in [-0.1, -0.05) is 12.8 Å². The van der Waals surface area contributed by atoms with Crippen LogP contribution in [0.1, 0.15) is 52.4 Å². The maximum Gasteiger partial charge on any atom is 0.222 e. The van der Waals surface area contributed by atoms with Crippen LogP contribution < -0.4 is 16.0 Å². The molecule has 0 saturated heterocycles. The molecule has 24 heavy (non-hydrogen) atoms. The Morgan fingerprint density at radius 1 is 1.29 bits per heavy atom. The predicted octanol–water partition coefficient (Wildman–Crippen LogP) is 0.814. The van der Waals surface area contributed by atoms with Crippen molar-refractivity contribution in [2.75, 3.05) is 25.1 Å². The summed E-state index contributed by atoms with van der Waals surface area (Å²) in [5, 5.41) is 9.34. The second-order valence-corrected chi connectivity index (χ2v) is 8.78. The van der Waals surface area contributed by atoms with Crippen LogP contribution in [-0.4, -0.2) is 57.5 Å². The van der Waals surface area contributed by atoms with Gasteiger partial charge in [0.2, 0.25) is 5.91 Å². The van der Waals surface area contributed by atoms with Crippen LogP contribution in [-0.2, 0) is 14.6 Å². The lowest BCUT2D eigenvalue weighted by Crippen LogP contribution is -2.43. The van der Waals surface area contributed by atoms with Gasteiger partial charge < -0.3 is 16.0 Å². The van der Waals surface area contributed by atoms with Gasteiger partial charge in [0.1, 0.15) is 9.84 Å². The van der Waals surface area contributed by atoms with Gasteiger partial charge in [-0.3, -0.25) is 9.79 Å². The summed E-state index contributed by atoms with van der Waals surface area (Å²) in [6.45, 7) is 5.00. The highest BCUT2D eigenvalue weighted by Gasteiger charge is 2.16. The summed E-state index contributed by atoms with van der Waals surface area (Å²) in [5.41, 5.74) is 0. The standard InChI is InChI=1S/C16H32N4O3S/c1-4-17-16(19-13(2)10-12-24(3,22)23)18-11-9-15(21)20-14-7-5-6-8-14/h13-14H,4-12H2,1-3H3,(H,20,21)(H2,17,18,19). The molecule has 7 nitrogen and oxygen atoms in total. The zero-order chi connectivity index (χ0) is 18.0. The number of guanidine groups is 1. The van der Waals surface area contributed by atoms with Crippen molar-refractivity contribution in [3.8, 4) is 0 Å². The Morgan fingerprint density at radius 3 is 2.54 bits per heavy atom. The number of rotatable bonds is 9. The first-order valence-electron chi connectivity index (χ1n) is 8.82. The minimum Gasteiger partial charge on any atom is -0.357 e. The molecule has 3 N–H and O–H groups in total. The van der Waals surface area contributed by atoms with Gasteiger partial charge in [-0.2, -0.15) is 0 Å². The largest absolute Gasteiger partial charge is 0.357 e. The van der Waals surface area contributed by atoms with Crippen LogP contribution in [0.2, 0.25) is 0 Å². The van der Waals surface area contributed by atoms with E-state index in [1.807, 2.05) is 13.8 Å². The van der Waals surface area contributed by atoms with Crippen molar-refractivity contribution in [2.24, 2.45) is 4.99 Å². The highest BCUT2D eigenvalue weighted by Crippen LogP contribution is 2.17. The molecular weight excluding hydrogens is 328 g/mol. The number of carbonyl (C=O) groups is 1. The summed E-state index contributed by atoms with van der Waals surface area (Å²) >= 11 is 0. The third-order valence-corrected chi connectivity index (χ3v) is 4.96. The summed E-state index contributed by atoms with van der Waals surface area (Å²) in [4.78, 5) is 16.3. The maximum atomic E-state index is 11.9. The molecule has 1 fully saturated rings. The molecule has 0 aliphatic heterocycles. The van der Waals surface area contributed by atoms with Gasteiger partial charge in [0.25, 0.3) is 0 Å². The third kappa shape index (κ3) is 9.75. The van der Waals surface area contributed by atoms with Gasteiger partial charge in [0.05, 0.1) is 12.3 Å². The highest BCUT2D eigenvalue weighted by molar-refractivity contribution is 7.90. The summed E-state index contributed by atoms with van der Waals surface area (Å²) < 4.78 is 22.4. The van der Waals surface area contributed by atoms with Crippen molar-refractivity contribution in [1.82, 2.24) is 16.0 Å². The average Bonchev–Trinajstić information content (AvgIpc) is 2.97. The first-order valence-corrected chi connectivity index (χ1v) is 10.9.